The van der Waals surface area contributed by atoms with Crippen molar-refractivity contribution in [3.05, 3.63) is 113 Å². The first-order valence-electron chi connectivity index (χ1n) is 16.4. The highest BCUT2D eigenvalue weighted by atomic mass is 16.5. The van der Waals surface area contributed by atoms with Crippen molar-refractivity contribution >= 4 is 22.9 Å². The third-order valence-corrected chi connectivity index (χ3v) is 9.66. The molecule has 2 aliphatic rings. The molecule has 1 N–H and O–H groups in total. The minimum atomic E-state index is -0.711. The van der Waals surface area contributed by atoms with Gasteiger partial charge in [0.05, 0.1) is 11.6 Å². The second-order valence-corrected chi connectivity index (χ2v) is 12.5. The van der Waals surface area contributed by atoms with E-state index in [4.69, 9.17) is 21.7 Å². The van der Waals surface area contributed by atoms with Gasteiger partial charge in [-0.3, -0.25) is 9.59 Å². The van der Waals surface area contributed by atoms with E-state index in [0.29, 0.717) is 24.4 Å². The van der Waals surface area contributed by atoms with Crippen molar-refractivity contribution in [3.8, 4) is 11.8 Å². The molecule has 5 nitrogen and oxygen atoms in total. The predicted molar refractivity (Wildman–Crippen MR) is 178 cm³/mol. The lowest BCUT2D eigenvalue weighted by Crippen LogP contribution is -2.27. The quantitative estimate of drug-likeness (QED) is 0.165. The molecule has 0 aliphatic heterocycles. The number of aliphatic carboxylic acids is 1. The Balaban J connectivity index is 1.37. The summed E-state index contributed by atoms with van der Waals surface area (Å²) in [5.41, 5.74) is 6.90. The largest absolute Gasteiger partial charge is 0.488 e. The van der Waals surface area contributed by atoms with E-state index in [0.717, 1.165) is 86.7 Å². The van der Waals surface area contributed by atoms with E-state index in [-0.39, 0.29) is 12.3 Å². The lowest BCUT2D eigenvalue weighted by molar-refractivity contribution is -0.137. The van der Waals surface area contributed by atoms with Gasteiger partial charge < -0.3 is 9.84 Å². The molecule has 3 aromatic rings. The Morgan fingerprint density at radius 1 is 0.911 bits per heavy atom. The highest BCUT2D eigenvalue weighted by Crippen LogP contribution is 2.65. The summed E-state index contributed by atoms with van der Waals surface area (Å²) in [4.78, 5) is 24.3. The molecule has 0 spiro atoms. The molecule has 2 atom stereocenters. The number of rotatable bonds is 16. The van der Waals surface area contributed by atoms with E-state index in [2.05, 4.69) is 36.4 Å². The maximum Gasteiger partial charge on any atom is 0.303 e. The van der Waals surface area contributed by atoms with Crippen LogP contribution in [0.4, 0.5) is 0 Å². The molecule has 2 unspecified atom stereocenters. The number of carbonyl (C=O) groups excluding carboxylic acids is 1. The van der Waals surface area contributed by atoms with Crippen molar-refractivity contribution in [2.75, 3.05) is 0 Å². The number of carbonyl (C=O) groups is 2. The third-order valence-electron chi connectivity index (χ3n) is 9.66. The number of carboxylic acids is 1. The number of fused-ring (bicyclic) bond motifs is 1. The van der Waals surface area contributed by atoms with Crippen LogP contribution in [0.25, 0.3) is 11.1 Å². The predicted octanol–water partition coefficient (Wildman–Crippen LogP) is 9.57. The first-order chi connectivity index (χ1) is 21.9. The van der Waals surface area contributed by atoms with E-state index in [9.17, 15) is 9.59 Å². The van der Waals surface area contributed by atoms with Gasteiger partial charge in [-0.05, 0) is 72.6 Å². The standard InChI is InChI=1S/C40H43NO4/c1-29(34-17-12-13-18-37(34)45-28-31-22-20-30(27-41)21-23-31)40-25-24-36(42)35(40)26-33(39(40)32-14-9-7-10-15-32)16-8-5-3-2-4-6-11-19-38(43)44/h7,9-10,12-15,17-18,20-23,35H,1-6,8,11,16,19,24-26,28H2,(H,43,44). The number of nitriles is 1. The van der Waals surface area contributed by atoms with Crippen LogP contribution < -0.4 is 4.74 Å². The number of hydrogen-bond acceptors (Lipinski definition) is 4. The first-order valence-corrected chi connectivity index (χ1v) is 16.4. The van der Waals surface area contributed by atoms with Crippen molar-refractivity contribution in [2.24, 2.45) is 11.3 Å². The van der Waals surface area contributed by atoms with E-state index in [1.165, 1.54) is 16.7 Å². The lowest BCUT2D eigenvalue weighted by atomic mass is 9.66. The van der Waals surface area contributed by atoms with Crippen LogP contribution >= 0.6 is 0 Å². The molecule has 0 amide bonds. The van der Waals surface area contributed by atoms with Crippen LogP contribution in [0.15, 0.2) is 91.0 Å². The molecular weight excluding hydrogens is 558 g/mol. The number of hydrogen-bond donors (Lipinski definition) is 1. The van der Waals surface area contributed by atoms with Crippen LogP contribution in [0.5, 0.6) is 5.75 Å². The molecule has 45 heavy (non-hydrogen) atoms. The fraction of sp³-hybridized carbons (Fsp3) is 0.375. The Labute approximate surface area is 267 Å². The first kappa shape index (κ1) is 32.0. The Bertz CT molecular complexity index is 1580. The number of ether oxygens (including phenoxy) is 1. The number of allylic oxidation sites excluding steroid dienone is 3. The molecule has 232 valence electrons. The van der Waals surface area contributed by atoms with Crippen LogP contribution in [0, 0.1) is 22.7 Å². The minimum absolute atomic E-state index is 0.115. The molecule has 0 radical (unpaired) electrons. The van der Waals surface area contributed by atoms with Crippen LogP contribution in [-0.4, -0.2) is 16.9 Å². The number of Topliss-reactive ketones (excluding diaryl/α,β-unsaturated/α-hetero) is 1. The third kappa shape index (κ3) is 7.28. The number of unbranched alkanes of at least 4 members (excludes halogenated alkanes) is 6. The van der Waals surface area contributed by atoms with Gasteiger partial charge in [-0.2, -0.15) is 5.26 Å². The fourth-order valence-corrected chi connectivity index (χ4v) is 7.42. The van der Waals surface area contributed by atoms with Gasteiger partial charge in [0.1, 0.15) is 18.1 Å². The number of para-hydroxylation sites is 1. The van der Waals surface area contributed by atoms with Gasteiger partial charge in [-0.25, -0.2) is 0 Å². The second kappa shape index (κ2) is 15.0. The van der Waals surface area contributed by atoms with E-state index >= 15 is 0 Å². The molecule has 2 aliphatic carbocycles. The summed E-state index contributed by atoms with van der Waals surface area (Å²) in [5.74, 6) is 0.258. The molecular formula is C40H43NO4. The smallest absolute Gasteiger partial charge is 0.303 e. The number of ketones is 1. The summed E-state index contributed by atoms with van der Waals surface area (Å²) in [6.07, 6.45) is 10.6. The maximum atomic E-state index is 13.6. The fourth-order valence-electron chi connectivity index (χ4n) is 7.42. The maximum absolute atomic E-state index is 13.6. The molecule has 0 heterocycles. The van der Waals surface area contributed by atoms with Gasteiger partial charge in [0.15, 0.2) is 0 Å². The van der Waals surface area contributed by atoms with Gasteiger partial charge in [0, 0.05) is 29.7 Å². The Morgan fingerprint density at radius 2 is 1.58 bits per heavy atom. The molecule has 0 saturated heterocycles. The SMILES string of the molecule is C=C(c1ccccc1OCc1ccc(C#N)cc1)C12CCC(=O)C1CC(CCCCCCCCCC(=O)O)=C2c1ccccc1. The number of carboxylic acid groups (broad SMARTS) is 1. The van der Waals surface area contributed by atoms with Crippen molar-refractivity contribution in [1.82, 2.24) is 0 Å². The average Bonchev–Trinajstić information content (AvgIpc) is 3.57. The number of nitrogens with zero attached hydrogens (tertiary/aromatic N) is 1. The average molecular weight is 602 g/mol. The van der Waals surface area contributed by atoms with Crippen molar-refractivity contribution in [3.63, 3.8) is 0 Å². The molecule has 5 heteroatoms. The monoisotopic (exact) mass is 601 g/mol. The summed E-state index contributed by atoms with van der Waals surface area (Å²) in [7, 11) is 0. The van der Waals surface area contributed by atoms with Crippen LogP contribution in [-0.2, 0) is 16.2 Å². The second-order valence-electron chi connectivity index (χ2n) is 12.5. The summed E-state index contributed by atoms with van der Waals surface area (Å²) < 4.78 is 6.38. The molecule has 1 fully saturated rings. The van der Waals surface area contributed by atoms with Gasteiger partial charge in [-0.1, -0.05) is 105 Å². The van der Waals surface area contributed by atoms with Gasteiger partial charge in [0.2, 0.25) is 0 Å². The Morgan fingerprint density at radius 3 is 2.29 bits per heavy atom. The normalized spacial score (nSPS) is 18.9. The highest BCUT2D eigenvalue weighted by molar-refractivity contribution is 6.01. The molecule has 0 aromatic heterocycles. The molecule has 0 bridgehead atoms. The molecule has 5 rings (SSSR count). The van der Waals surface area contributed by atoms with E-state index < -0.39 is 11.4 Å². The van der Waals surface area contributed by atoms with Crippen LogP contribution in [0.1, 0.15) is 99.3 Å². The van der Waals surface area contributed by atoms with E-state index in [1.54, 1.807) is 12.1 Å². The topological polar surface area (TPSA) is 87.4 Å². The van der Waals surface area contributed by atoms with E-state index in [1.807, 2.05) is 36.4 Å². The summed E-state index contributed by atoms with van der Waals surface area (Å²) >= 11 is 0. The van der Waals surface area contributed by atoms with Gasteiger partial charge in [-0.15, -0.1) is 0 Å². The summed E-state index contributed by atoms with van der Waals surface area (Å²) in [5, 5.41) is 18.0. The van der Waals surface area contributed by atoms with Crippen LogP contribution in [0.2, 0.25) is 0 Å². The number of benzene rings is 3. The highest BCUT2D eigenvalue weighted by Gasteiger charge is 2.57. The molecule has 3 aromatic carbocycles. The summed E-state index contributed by atoms with van der Waals surface area (Å²) in [6, 6.07) is 28.2. The molecule has 1 saturated carbocycles. The van der Waals surface area contributed by atoms with Crippen molar-refractivity contribution in [1.29, 1.82) is 5.26 Å². The van der Waals surface area contributed by atoms with Crippen molar-refractivity contribution in [2.45, 2.75) is 83.7 Å². The van der Waals surface area contributed by atoms with Crippen LogP contribution in [0.3, 0.4) is 0 Å². The zero-order valence-corrected chi connectivity index (χ0v) is 26.1. The van der Waals surface area contributed by atoms with Gasteiger partial charge in [0.25, 0.3) is 0 Å². The Kier molecular flexibility index (Phi) is 10.7. The zero-order chi connectivity index (χ0) is 31.6. The zero-order valence-electron chi connectivity index (χ0n) is 26.1. The minimum Gasteiger partial charge on any atom is -0.488 e. The van der Waals surface area contributed by atoms with Crippen molar-refractivity contribution < 1.29 is 19.4 Å². The van der Waals surface area contributed by atoms with Gasteiger partial charge >= 0.3 is 5.97 Å². The summed E-state index contributed by atoms with van der Waals surface area (Å²) in [6.45, 7) is 5.11. The Hall–Kier alpha value is -4.43. The lowest BCUT2D eigenvalue weighted by Gasteiger charge is -2.36.